The molecular weight excluding hydrogens is 494 g/mol. The second-order valence-corrected chi connectivity index (χ2v) is 12.5. The fourth-order valence-corrected chi connectivity index (χ4v) is 6.47. The maximum Gasteiger partial charge on any atom is 0.263 e. The predicted molar refractivity (Wildman–Crippen MR) is 140 cm³/mol. The molecule has 0 radical (unpaired) electrons. The highest BCUT2D eigenvalue weighted by molar-refractivity contribution is 7.92. The largest absolute Gasteiger partial charge is 0.498 e. The van der Waals surface area contributed by atoms with Crippen molar-refractivity contribution < 1.29 is 27.5 Å². The van der Waals surface area contributed by atoms with Crippen LogP contribution in [0.15, 0.2) is 47.5 Å². The van der Waals surface area contributed by atoms with Crippen molar-refractivity contribution in [2.75, 3.05) is 55.6 Å². The number of piperazine rings is 1. The van der Waals surface area contributed by atoms with Crippen molar-refractivity contribution in [1.29, 1.82) is 0 Å². The molecule has 0 saturated carbocycles. The first-order valence-electron chi connectivity index (χ1n) is 12.6. The predicted octanol–water partition coefficient (Wildman–Crippen LogP) is 1.88. The number of anilines is 2. The number of carbonyl (C=O) groups is 1. The zero-order valence-electron chi connectivity index (χ0n) is 22.0. The Morgan fingerprint density at radius 1 is 1.14 bits per heavy atom. The number of sulfonamides is 1. The number of nitrogens with zero attached hydrogens (tertiary/aromatic N) is 4. The molecule has 0 bridgehead atoms. The number of morpholine rings is 1. The van der Waals surface area contributed by atoms with Gasteiger partial charge in [0.15, 0.2) is 0 Å². The smallest absolute Gasteiger partial charge is 0.263 e. The third-order valence-corrected chi connectivity index (χ3v) is 8.91. The van der Waals surface area contributed by atoms with Crippen molar-refractivity contribution in [2.45, 2.75) is 50.7 Å². The number of ether oxygens (including phenoxy) is 1. The van der Waals surface area contributed by atoms with E-state index in [1.54, 1.807) is 24.3 Å². The highest BCUT2D eigenvalue weighted by atomic mass is 32.2. The molecule has 2 aromatic rings. The second-order valence-electron chi connectivity index (χ2n) is 10.9. The lowest BCUT2D eigenvalue weighted by molar-refractivity contribution is -0.943. The van der Waals surface area contributed by atoms with E-state index in [9.17, 15) is 18.3 Å². The Labute approximate surface area is 219 Å². The van der Waals surface area contributed by atoms with Crippen LogP contribution < -0.4 is 14.7 Å². The molecule has 2 aliphatic rings. The zero-order chi connectivity index (χ0) is 26.8. The van der Waals surface area contributed by atoms with Gasteiger partial charge in [-0.05, 0) is 57.5 Å². The van der Waals surface area contributed by atoms with E-state index in [4.69, 9.17) is 4.74 Å². The Balaban J connectivity index is 1.37. The first-order valence-corrected chi connectivity index (χ1v) is 14.1. The Bertz CT molecular complexity index is 1190. The summed E-state index contributed by atoms with van der Waals surface area (Å²) in [4.78, 5) is 20.9. The molecule has 2 fully saturated rings. The highest BCUT2D eigenvalue weighted by Crippen LogP contribution is 2.32. The minimum atomic E-state index is -3.77. The van der Waals surface area contributed by atoms with Gasteiger partial charge in [-0.1, -0.05) is 12.1 Å². The molecule has 2 saturated heterocycles. The highest BCUT2D eigenvalue weighted by Gasteiger charge is 2.49. The molecule has 37 heavy (non-hydrogen) atoms. The van der Waals surface area contributed by atoms with E-state index in [0.717, 1.165) is 24.5 Å². The van der Waals surface area contributed by atoms with Crippen molar-refractivity contribution in [2.24, 2.45) is 0 Å². The van der Waals surface area contributed by atoms with Crippen molar-refractivity contribution in [3.05, 3.63) is 48.2 Å². The van der Waals surface area contributed by atoms with Crippen LogP contribution in [0.3, 0.4) is 0 Å². The molecule has 1 aromatic carbocycles. The zero-order valence-corrected chi connectivity index (χ0v) is 22.8. The number of amides is 1. The molecule has 1 unspecified atom stereocenters. The van der Waals surface area contributed by atoms with E-state index in [2.05, 4.69) is 19.5 Å². The third kappa shape index (κ3) is 5.74. The van der Waals surface area contributed by atoms with Crippen LogP contribution >= 0.6 is 0 Å². The minimum Gasteiger partial charge on any atom is -0.498 e. The molecule has 11 heteroatoms. The van der Waals surface area contributed by atoms with Crippen molar-refractivity contribution in [1.82, 2.24) is 9.88 Å². The lowest BCUT2D eigenvalue weighted by atomic mass is 9.95. The van der Waals surface area contributed by atoms with Gasteiger partial charge in [0.2, 0.25) is 0 Å². The normalized spacial score (nSPS) is 23.6. The summed E-state index contributed by atoms with van der Waals surface area (Å²) in [6.07, 6.45) is 0.351. The second kappa shape index (κ2) is 10.6. The summed E-state index contributed by atoms with van der Waals surface area (Å²) in [5.74, 6) is 0.733. The van der Waals surface area contributed by atoms with Crippen LogP contribution in [0.4, 0.5) is 16.3 Å². The van der Waals surface area contributed by atoms with Gasteiger partial charge in [0.1, 0.15) is 16.8 Å². The number of quaternary nitrogens is 1. The molecule has 1 aromatic heterocycles. The molecule has 1 amide bonds. The average Bonchev–Trinajstić information content (AvgIpc) is 2.85. The standard InChI is InChI=1S/C26H37N5O5S/c1-20-18-29(11-14-31(20,25(32)33)26(2,3)4)19-21-5-7-22(8-6-21)28-37(34,35)23-9-10-24(27-17-23)30-12-15-36-16-13-30/h5-10,17,20,28H,11-16,18-19H2,1-4H3/t20-,31?/m0/s1. The molecule has 3 heterocycles. The summed E-state index contributed by atoms with van der Waals surface area (Å²) in [5.41, 5.74) is 1.03. The van der Waals surface area contributed by atoms with Gasteiger partial charge in [0, 0.05) is 38.1 Å². The summed E-state index contributed by atoms with van der Waals surface area (Å²) in [7, 11) is -3.77. The molecule has 0 aliphatic carbocycles. The van der Waals surface area contributed by atoms with Gasteiger partial charge >= 0.3 is 0 Å². The number of carboxylic acid groups (broad SMARTS) is 1. The molecule has 2 aliphatic heterocycles. The summed E-state index contributed by atoms with van der Waals surface area (Å²) < 4.78 is 33.7. The number of rotatable bonds is 6. The fourth-order valence-electron chi connectivity index (χ4n) is 5.47. The van der Waals surface area contributed by atoms with E-state index >= 15 is 0 Å². The molecule has 4 rings (SSSR count). The number of pyridine rings is 1. The van der Waals surface area contributed by atoms with E-state index < -0.39 is 21.7 Å². The molecule has 202 valence electrons. The Kier molecular flexibility index (Phi) is 7.80. The average molecular weight is 532 g/mol. The van der Waals surface area contributed by atoms with E-state index in [1.165, 1.54) is 6.20 Å². The monoisotopic (exact) mass is 531 g/mol. The van der Waals surface area contributed by atoms with E-state index in [0.29, 0.717) is 45.1 Å². The summed E-state index contributed by atoms with van der Waals surface area (Å²) in [5, 5.41) is 12.1. The maximum absolute atomic E-state index is 12.9. The van der Waals surface area contributed by atoms with Gasteiger partial charge in [0.05, 0.1) is 31.8 Å². The molecule has 10 nitrogen and oxygen atoms in total. The summed E-state index contributed by atoms with van der Waals surface area (Å²) >= 11 is 0. The van der Waals surface area contributed by atoms with E-state index in [1.807, 2.05) is 39.8 Å². The van der Waals surface area contributed by atoms with Gasteiger partial charge in [-0.25, -0.2) is 13.4 Å². The van der Waals surface area contributed by atoms with E-state index in [-0.39, 0.29) is 15.4 Å². The topological polar surface area (TPSA) is 115 Å². The number of hydrogen-bond acceptors (Lipinski definition) is 8. The van der Waals surface area contributed by atoms with Crippen LogP contribution in [0.25, 0.3) is 0 Å². The van der Waals surface area contributed by atoms with Crippen LogP contribution in [-0.2, 0) is 21.3 Å². The lowest BCUT2D eigenvalue weighted by Crippen LogP contribution is -2.76. The Morgan fingerprint density at radius 2 is 1.81 bits per heavy atom. The molecule has 0 spiro atoms. The Hall–Kier alpha value is -2.73. The first kappa shape index (κ1) is 27.3. The Morgan fingerprint density at radius 3 is 2.35 bits per heavy atom. The number of aromatic nitrogens is 1. The molecular formula is C26H37N5O5S. The van der Waals surface area contributed by atoms with Crippen LogP contribution in [0.2, 0.25) is 0 Å². The minimum absolute atomic E-state index is 0.0630. The van der Waals surface area contributed by atoms with Gasteiger partial charge < -0.3 is 19.5 Å². The van der Waals surface area contributed by atoms with Crippen molar-refractivity contribution >= 4 is 27.6 Å². The summed E-state index contributed by atoms with van der Waals surface area (Å²) in [6.45, 7) is 12.9. The first-order chi connectivity index (χ1) is 17.4. The molecule has 2 atom stereocenters. The quantitative estimate of drug-likeness (QED) is 0.562. The molecule has 1 N–H and O–H groups in total. The van der Waals surface area contributed by atoms with Crippen molar-refractivity contribution in [3.8, 4) is 0 Å². The van der Waals surface area contributed by atoms with Gasteiger partial charge in [-0.2, -0.15) is 0 Å². The maximum atomic E-state index is 12.9. The number of nitrogens with one attached hydrogen (secondary N) is 1. The number of carbonyl (C=O) groups excluding carboxylic acids is 1. The number of hydrogen-bond donors (Lipinski definition) is 1. The lowest BCUT2D eigenvalue weighted by Gasteiger charge is -2.55. The SMILES string of the molecule is C[C@H]1CN(Cc2ccc(NS(=O)(=O)c3ccc(N4CCOCC4)nc3)cc2)CC[N+]1(C(=O)[O-])C(C)(C)C. The van der Waals surface area contributed by atoms with Crippen LogP contribution in [0, 0.1) is 0 Å². The fraction of sp³-hybridized carbons (Fsp3) is 0.538. The van der Waals surface area contributed by atoms with Crippen LogP contribution in [0.1, 0.15) is 33.3 Å². The third-order valence-electron chi connectivity index (χ3n) is 7.55. The van der Waals surface area contributed by atoms with Crippen LogP contribution in [0.5, 0.6) is 0 Å². The van der Waals surface area contributed by atoms with Crippen LogP contribution in [-0.4, -0.2) is 86.4 Å². The van der Waals surface area contributed by atoms with Gasteiger partial charge in [-0.15, -0.1) is 0 Å². The van der Waals surface area contributed by atoms with Crippen molar-refractivity contribution in [3.63, 3.8) is 0 Å². The van der Waals surface area contributed by atoms with Gasteiger partial charge in [0.25, 0.3) is 16.1 Å². The number of benzene rings is 1. The van der Waals surface area contributed by atoms with Gasteiger partial charge in [-0.3, -0.25) is 14.1 Å². The summed E-state index contributed by atoms with van der Waals surface area (Å²) in [6, 6.07) is 10.4.